The van der Waals surface area contributed by atoms with Crippen molar-refractivity contribution >= 4 is 5.91 Å². The standard InChI is InChI=1S/C19H34N2O/c1-16(2,12-20)13-21(5)15(22)19-8-14-6-17(3,10-19)9-18(4,7-14)11-19/h14H,6-13,20H2,1-5H3. The molecule has 4 rings (SSSR count). The van der Waals surface area contributed by atoms with Crippen LogP contribution >= 0.6 is 0 Å². The third-order valence-electron chi connectivity index (χ3n) is 6.64. The Morgan fingerprint density at radius 3 is 2.14 bits per heavy atom. The van der Waals surface area contributed by atoms with Gasteiger partial charge in [-0.2, -0.15) is 0 Å². The molecule has 4 fully saturated rings. The van der Waals surface area contributed by atoms with Crippen molar-refractivity contribution in [3.8, 4) is 0 Å². The van der Waals surface area contributed by atoms with Crippen molar-refractivity contribution in [2.45, 2.75) is 66.2 Å². The molecule has 0 spiro atoms. The number of nitrogens with two attached hydrogens (primary N) is 1. The average Bonchev–Trinajstić information content (AvgIpc) is 2.32. The van der Waals surface area contributed by atoms with E-state index >= 15 is 0 Å². The van der Waals surface area contributed by atoms with E-state index in [1.54, 1.807) is 0 Å². The number of hydrogen-bond acceptors (Lipinski definition) is 2. The highest BCUT2D eigenvalue weighted by Gasteiger charge is 2.63. The van der Waals surface area contributed by atoms with E-state index in [0.717, 1.165) is 31.7 Å². The Balaban J connectivity index is 1.83. The minimum Gasteiger partial charge on any atom is -0.345 e. The van der Waals surface area contributed by atoms with Gasteiger partial charge in [-0.3, -0.25) is 4.79 Å². The van der Waals surface area contributed by atoms with Crippen LogP contribution in [0, 0.1) is 27.6 Å². The fourth-order valence-corrected chi connectivity index (χ4v) is 6.87. The Labute approximate surface area is 136 Å². The molecule has 0 aromatic heterocycles. The molecule has 4 aliphatic rings. The lowest BCUT2D eigenvalue weighted by Crippen LogP contribution is -2.60. The van der Waals surface area contributed by atoms with Crippen LogP contribution in [0.4, 0.5) is 0 Å². The summed E-state index contributed by atoms with van der Waals surface area (Å²) >= 11 is 0. The molecule has 0 aromatic rings. The molecule has 0 aliphatic heterocycles. The van der Waals surface area contributed by atoms with Gasteiger partial charge in [0, 0.05) is 13.6 Å². The predicted molar refractivity (Wildman–Crippen MR) is 90.3 cm³/mol. The maximum atomic E-state index is 13.4. The van der Waals surface area contributed by atoms with Crippen LogP contribution in [0.3, 0.4) is 0 Å². The van der Waals surface area contributed by atoms with Gasteiger partial charge in [0.2, 0.25) is 5.91 Å². The topological polar surface area (TPSA) is 46.3 Å². The molecule has 4 saturated carbocycles. The van der Waals surface area contributed by atoms with Crippen molar-refractivity contribution in [3.63, 3.8) is 0 Å². The Morgan fingerprint density at radius 2 is 1.68 bits per heavy atom. The van der Waals surface area contributed by atoms with Gasteiger partial charge in [-0.1, -0.05) is 27.7 Å². The highest BCUT2D eigenvalue weighted by atomic mass is 16.2. The number of amides is 1. The van der Waals surface area contributed by atoms with E-state index in [-0.39, 0.29) is 10.8 Å². The van der Waals surface area contributed by atoms with Crippen molar-refractivity contribution < 1.29 is 4.79 Å². The Kier molecular flexibility index (Phi) is 3.49. The summed E-state index contributed by atoms with van der Waals surface area (Å²) < 4.78 is 0. The van der Waals surface area contributed by atoms with E-state index < -0.39 is 0 Å². The fourth-order valence-electron chi connectivity index (χ4n) is 6.87. The number of hydrogen-bond donors (Lipinski definition) is 1. The number of carbonyl (C=O) groups excluding carboxylic acids is 1. The summed E-state index contributed by atoms with van der Waals surface area (Å²) in [5.74, 6) is 1.17. The SMILES string of the molecule is CN(CC(C)(C)CN)C(=O)C12CC3CC(C)(CC(C)(C3)C1)C2. The lowest BCUT2D eigenvalue weighted by Gasteiger charge is -2.65. The molecule has 1 amide bonds. The first kappa shape index (κ1) is 16.3. The predicted octanol–water partition coefficient (Wildman–Crippen LogP) is 3.43. The summed E-state index contributed by atoms with van der Waals surface area (Å²) in [6.45, 7) is 10.6. The molecule has 0 saturated heterocycles. The van der Waals surface area contributed by atoms with Crippen LogP contribution in [0.5, 0.6) is 0 Å². The Morgan fingerprint density at radius 1 is 1.14 bits per heavy atom. The molecule has 2 N–H and O–H groups in total. The maximum absolute atomic E-state index is 13.4. The van der Waals surface area contributed by atoms with Gasteiger partial charge in [0.15, 0.2) is 0 Å². The van der Waals surface area contributed by atoms with Crippen LogP contribution < -0.4 is 5.73 Å². The van der Waals surface area contributed by atoms with Crippen molar-refractivity contribution in [2.75, 3.05) is 20.1 Å². The molecule has 2 atom stereocenters. The van der Waals surface area contributed by atoms with Crippen LogP contribution in [0.1, 0.15) is 66.2 Å². The molecule has 4 aliphatic carbocycles. The summed E-state index contributed by atoms with van der Waals surface area (Å²) in [4.78, 5) is 15.4. The second kappa shape index (κ2) is 4.72. The molecule has 22 heavy (non-hydrogen) atoms. The Hall–Kier alpha value is -0.570. The van der Waals surface area contributed by atoms with E-state index in [1.165, 1.54) is 19.3 Å². The lowest BCUT2D eigenvalue weighted by molar-refractivity contribution is -0.179. The highest BCUT2D eigenvalue weighted by molar-refractivity contribution is 5.83. The van der Waals surface area contributed by atoms with Gasteiger partial charge in [0.25, 0.3) is 0 Å². The molecule has 3 nitrogen and oxygen atoms in total. The molecule has 2 unspecified atom stereocenters. The van der Waals surface area contributed by atoms with Crippen LogP contribution in [0.15, 0.2) is 0 Å². The maximum Gasteiger partial charge on any atom is 0.228 e. The zero-order valence-corrected chi connectivity index (χ0v) is 15.2. The molecular weight excluding hydrogens is 272 g/mol. The molecule has 126 valence electrons. The summed E-state index contributed by atoms with van der Waals surface area (Å²) in [5.41, 5.74) is 6.58. The smallest absolute Gasteiger partial charge is 0.228 e. The molecule has 0 heterocycles. The zero-order valence-electron chi connectivity index (χ0n) is 15.2. The van der Waals surface area contributed by atoms with Gasteiger partial charge in [-0.25, -0.2) is 0 Å². The van der Waals surface area contributed by atoms with Crippen LogP contribution in [0.25, 0.3) is 0 Å². The van der Waals surface area contributed by atoms with Crippen molar-refractivity contribution in [3.05, 3.63) is 0 Å². The van der Waals surface area contributed by atoms with Crippen molar-refractivity contribution in [1.82, 2.24) is 4.90 Å². The average molecular weight is 306 g/mol. The van der Waals surface area contributed by atoms with E-state index in [1.807, 2.05) is 11.9 Å². The van der Waals surface area contributed by atoms with Crippen molar-refractivity contribution in [2.24, 2.45) is 33.3 Å². The monoisotopic (exact) mass is 306 g/mol. The van der Waals surface area contributed by atoms with Gasteiger partial charge in [-0.05, 0) is 67.2 Å². The van der Waals surface area contributed by atoms with Gasteiger partial charge < -0.3 is 10.6 Å². The first-order chi connectivity index (χ1) is 10.0. The fraction of sp³-hybridized carbons (Fsp3) is 0.947. The summed E-state index contributed by atoms with van der Waals surface area (Å²) in [6.07, 6.45) is 7.36. The second-order valence-electron chi connectivity index (χ2n) is 10.4. The highest BCUT2D eigenvalue weighted by Crippen LogP contribution is 2.69. The van der Waals surface area contributed by atoms with Crippen LogP contribution in [0.2, 0.25) is 0 Å². The van der Waals surface area contributed by atoms with E-state index in [2.05, 4.69) is 27.7 Å². The third-order valence-corrected chi connectivity index (χ3v) is 6.64. The first-order valence-corrected chi connectivity index (χ1v) is 8.96. The third kappa shape index (κ3) is 2.60. The van der Waals surface area contributed by atoms with Gasteiger partial charge >= 0.3 is 0 Å². The van der Waals surface area contributed by atoms with Crippen LogP contribution in [-0.2, 0) is 4.79 Å². The quantitative estimate of drug-likeness (QED) is 0.865. The number of carbonyl (C=O) groups is 1. The molecule has 0 radical (unpaired) electrons. The number of nitrogens with zero attached hydrogens (tertiary/aromatic N) is 1. The summed E-state index contributed by atoms with van der Waals surface area (Å²) in [7, 11) is 1.99. The van der Waals surface area contributed by atoms with Gasteiger partial charge in [0.05, 0.1) is 5.41 Å². The lowest BCUT2D eigenvalue weighted by atomic mass is 9.40. The van der Waals surface area contributed by atoms with Gasteiger partial charge in [0.1, 0.15) is 0 Å². The van der Waals surface area contributed by atoms with E-state index in [9.17, 15) is 4.79 Å². The minimum atomic E-state index is -0.0810. The van der Waals surface area contributed by atoms with E-state index in [0.29, 0.717) is 23.3 Å². The van der Waals surface area contributed by atoms with Crippen molar-refractivity contribution in [1.29, 1.82) is 0 Å². The van der Waals surface area contributed by atoms with Gasteiger partial charge in [-0.15, -0.1) is 0 Å². The van der Waals surface area contributed by atoms with Crippen LogP contribution in [-0.4, -0.2) is 30.9 Å². The minimum absolute atomic E-state index is 0.000504. The molecule has 3 heteroatoms. The molecule has 0 aromatic carbocycles. The Bertz CT molecular complexity index is 466. The summed E-state index contributed by atoms with van der Waals surface area (Å²) in [5, 5.41) is 0. The first-order valence-electron chi connectivity index (χ1n) is 8.96. The normalized spacial score (nSPS) is 43.5. The molecular formula is C19H34N2O. The molecule has 4 bridgehead atoms. The number of rotatable bonds is 4. The second-order valence-corrected chi connectivity index (χ2v) is 10.4. The summed E-state index contributed by atoms with van der Waals surface area (Å²) in [6, 6.07) is 0. The largest absolute Gasteiger partial charge is 0.345 e. The van der Waals surface area contributed by atoms with E-state index in [4.69, 9.17) is 5.73 Å². The zero-order chi connectivity index (χ0) is 16.4.